The zero-order chi connectivity index (χ0) is 19.6. The van der Waals surface area contributed by atoms with Gasteiger partial charge >= 0.3 is 0 Å². The Bertz CT molecular complexity index is 1110. The second kappa shape index (κ2) is 7.75. The summed E-state index contributed by atoms with van der Waals surface area (Å²) >= 11 is 0. The van der Waals surface area contributed by atoms with Crippen LogP contribution in [0.2, 0.25) is 0 Å². The lowest BCUT2D eigenvalue weighted by molar-refractivity contribution is 0.254. The standard InChI is InChI=1S/C22H24N4O3/c1-27-18-11-15-17(12-19(18)28-10-4-9-26-7-2-3-8-26)25-16-5-6-24-22(21(15)16)20-13-23-14-29-20/h5-6,11-14,25H,2-4,7-10H2,1H3. The lowest BCUT2D eigenvalue weighted by atomic mass is 10.1. The predicted molar refractivity (Wildman–Crippen MR) is 111 cm³/mol. The number of aromatic amines is 1. The van der Waals surface area contributed by atoms with E-state index in [1.54, 1.807) is 19.5 Å². The highest BCUT2D eigenvalue weighted by atomic mass is 16.5. The minimum atomic E-state index is 0.637. The van der Waals surface area contributed by atoms with Crippen molar-refractivity contribution in [3.63, 3.8) is 0 Å². The van der Waals surface area contributed by atoms with Crippen LogP contribution in [0.25, 0.3) is 33.3 Å². The van der Waals surface area contributed by atoms with Gasteiger partial charge in [-0.15, -0.1) is 0 Å². The molecule has 1 aliphatic heterocycles. The molecule has 1 aliphatic rings. The molecule has 0 radical (unpaired) electrons. The van der Waals surface area contributed by atoms with Crippen molar-refractivity contribution in [2.45, 2.75) is 19.3 Å². The molecule has 1 saturated heterocycles. The summed E-state index contributed by atoms with van der Waals surface area (Å²) in [5.74, 6) is 2.10. The number of methoxy groups -OCH3 is 1. The average molecular weight is 392 g/mol. The minimum Gasteiger partial charge on any atom is -0.493 e. The van der Waals surface area contributed by atoms with Crippen LogP contribution in [0.1, 0.15) is 19.3 Å². The van der Waals surface area contributed by atoms with Crippen molar-refractivity contribution in [2.75, 3.05) is 33.4 Å². The van der Waals surface area contributed by atoms with E-state index in [1.807, 2.05) is 18.2 Å². The second-order valence-corrected chi connectivity index (χ2v) is 7.37. The lowest BCUT2D eigenvalue weighted by Gasteiger charge is -2.15. The van der Waals surface area contributed by atoms with Gasteiger partial charge in [0.2, 0.25) is 0 Å². The maximum atomic E-state index is 6.08. The molecule has 0 bridgehead atoms. The Morgan fingerprint density at radius 1 is 1.17 bits per heavy atom. The molecule has 1 aromatic carbocycles. The number of oxazole rings is 1. The van der Waals surface area contributed by atoms with Crippen molar-refractivity contribution in [3.8, 4) is 23.0 Å². The second-order valence-electron chi connectivity index (χ2n) is 7.37. The van der Waals surface area contributed by atoms with Gasteiger partial charge < -0.3 is 23.8 Å². The number of nitrogens with zero attached hydrogens (tertiary/aromatic N) is 3. The third-order valence-corrected chi connectivity index (χ3v) is 5.53. The number of hydrogen-bond donors (Lipinski definition) is 1. The molecule has 5 rings (SSSR count). The molecule has 1 fully saturated rings. The van der Waals surface area contributed by atoms with E-state index in [4.69, 9.17) is 13.9 Å². The fourth-order valence-electron chi connectivity index (χ4n) is 4.12. The first-order chi connectivity index (χ1) is 14.3. The zero-order valence-electron chi connectivity index (χ0n) is 16.5. The molecule has 0 saturated carbocycles. The highest BCUT2D eigenvalue weighted by Gasteiger charge is 2.17. The first-order valence-electron chi connectivity index (χ1n) is 10.1. The number of hydrogen-bond acceptors (Lipinski definition) is 6. The maximum Gasteiger partial charge on any atom is 0.181 e. The van der Waals surface area contributed by atoms with Crippen molar-refractivity contribution < 1.29 is 13.9 Å². The predicted octanol–water partition coefficient (Wildman–Crippen LogP) is 4.24. The number of ether oxygens (including phenoxy) is 2. The monoisotopic (exact) mass is 392 g/mol. The molecule has 0 spiro atoms. The Hall–Kier alpha value is -3.06. The van der Waals surface area contributed by atoms with Crippen LogP contribution >= 0.6 is 0 Å². The van der Waals surface area contributed by atoms with Gasteiger partial charge in [-0.3, -0.25) is 4.98 Å². The molecule has 4 aromatic rings. The first-order valence-corrected chi connectivity index (χ1v) is 10.1. The topological polar surface area (TPSA) is 76.4 Å². The third-order valence-electron chi connectivity index (χ3n) is 5.53. The van der Waals surface area contributed by atoms with E-state index in [9.17, 15) is 0 Å². The average Bonchev–Trinajstić information content (AvgIpc) is 3.51. The largest absolute Gasteiger partial charge is 0.493 e. The number of nitrogens with one attached hydrogen (secondary N) is 1. The number of benzene rings is 1. The van der Waals surface area contributed by atoms with Crippen LogP contribution in [-0.4, -0.2) is 53.2 Å². The van der Waals surface area contributed by atoms with Gasteiger partial charge in [0.15, 0.2) is 23.7 Å². The summed E-state index contributed by atoms with van der Waals surface area (Å²) in [6, 6.07) is 5.97. The summed E-state index contributed by atoms with van der Waals surface area (Å²) in [4.78, 5) is 14.5. The van der Waals surface area contributed by atoms with Gasteiger partial charge in [0.25, 0.3) is 0 Å². The van der Waals surface area contributed by atoms with Gasteiger partial charge in [-0.1, -0.05) is 0 Å². The first kappa shape index (κ1) is 18.0. The van der Waals surface area contributed by atoms with Crippen LogP contribution in [0, 0.1) is 0 Å². The van der Waals surface area contributed by atoms with E-state index < -0.39 is 0 Å². The minimum absolute atomic E-state index is 0.637. The molecule has 4 heterocycles. The van der Waals surface area contributed by atoms with Gasteiger partial charge in [-0.2, -0.15) is 0 Å². The van der Waals surface area contributed by atoms with Crippen molar-refractivity contribution in [3.05, 3.63) is 37.0 Å². The van der Waals surface area contributed by atoms with Gasteiger partial charge in [0, 0.05) is 29.6 Å². The molecular formula is C22H24N4O3. The molecule has 150 valence electrons. The van der Waals surface area contributed by atoms with Crippen molar-refractivity contribution in [1.29, 1.82) is 0 Å². The molecule has 0 amide bonds. The van der Waals surface area contributed by atoms with Crippen LogP contribution in [0.4, 0.5) is 0 Å². The summed E-state index contributed by atoms with van der Waals surface area (Å²) in [5, 5.41) is 2.00. The van der Waals surface area contributed by atoms with Crippen molar-refractivity contribution in [2.24, 2.45) is 0 Å². The molecule has 0 unspecified atom stereocenters. The fraction of sp³-hybridized carbons (Fsp3) is 0.364. The van der Waals surface area contributed by atoms with E-state index in [0.29, 0.717) is 18.1 Å². The highest BCUT2D eigenvalue weighted by molar-refractivity contribution is 6.13. The van der Waals surface area contributed by atoms with Gasteiger partial charge in [-0.25, -0.2) is 4.98 Å². The number of H-pyrrole nitrogens is 1. The molecule has 0 aliphatic carbocycles. The maximum absolute atomic E-state index is 6.08. The highest BCUT2D eigenvalue weighted by Crippen LogP contribution is 2.39. The quantitative estimate of drug-likeness (QED) is 0.474. The molecule has 3 aromatic heterocycles. The van der Waals surface area contributed by atoms with Crippen molar-refractivity contribution >= 4 is 21.8 Å². The molecule has 0 atom stereocenters. The van der Waals surface area contributed by atoms with Gasteiger partial charge in [0.1, 0.15) is 5.69 Å². The summed E-state index contributed by atoms with van der Waals surface area (Å²) in [7, 11) is 1.67. The van der Waals surface area contributed by atoms with Crippen LogP contribution in [-0.2, 0) is 0 Å². The number of aromatic nitrogens is 3. The molecule has 29 heavy (non-hydrogen) atoms. The number of likely N-dealkylation sites (tertiary alicyclic amines) is 1. The summed E-state index contributed by atoms with van der Waals surface area (Å²) in [6.07, 6.45) is 8.50. The van der Waals surface area contributed by atoms with E-state index in [0.717, 1.165) is 46.2 Å². The van der Waals surface area contributed by atoms with Gasteiger partial charge in [-0.05, 0) is 44.5 Å². The summed E-state index contributed by atoms with van der Waals surface area (Å²) in [6.45, 7) is 4.18. The van der Waals surface area contributed by atoms with E-state index in [2.05, 4.69) is 19.9 Å². The Balaban J connectivity index is 1.45. The number of rotatable bonds is 7. The van der Waals surface area contributed by atoms with Crippen LogP contribution in [0.15, 0.2) is 41.4 Å². The van der Waals surface area contributed by atoms with E-state index in [1.165, 1.54) is 32.3 Å². The molecule has 1 N–H and O–H groups in total. The van der Waals surface area contributed by atoms with E-state index >= 15 is 0 Å². The van der Waals surface area contributed by atoms with E-state index in [-0.39, 0.29) is 0 Å². The Kier molecular flexibility index (Phi) is 4.81. The number of pyridine rings is 1. The van der Waals surface area contributed by atoms with Crippen molar-refractivity contribution in [1.82, 2.24) is 19.9 Å². The van der Waals surface area contributed by atoms with Crippen LogP contribution in [0.3, 0.4) is 0 Å². The normalized spacial score (nSPS) is 14.8. The zero-order valence-corrected chi connectivity index (χ0v) is 16.5. The number of fused-ring (bicyclic) bond motifs is 3. The Morgan fingerprint density at radius 3 is 2.86 bits per heavy atom. The summed E-state index contributed by atoms with van der Waals surface area (Å²) in [5.41, 5.74) is 2.71. The van der Waals surface area contributed by atoms with Gasteiger partial charge in [0.05, 0.1) is 30.9 Å². The molecule has 7 heteroatoms. The summed E-state index contributed by atoms with van der Waals surface area (Å²) < 4.78 is 17.2. The van der Waals surface area contributed by atoms with Crippen LogP contribution < -0.4 is 9.47 Å². The molecular weight excluding hydrogens is 368 g/mol. The Morgan fingerprint density at radius 2 is 2.07 bits per heavy atom. The SMILES string of the molecule is COc1cc2c(cc1OCCCN1CCCC1)[nH]c1ccnc(-c3cnco3)c12. The lowest BCUT2D eigenvalue weighted by Crippen LogP contribution is -2.21. The van der Waals surface area contributed by atoms with Crippen LogP contribution in [0.5, 0.6) is 11.5 Å². The Labute approximate surface area is 168 Å². The smallest absolute Gasteiger partial charge is 0.181 e. The fourth-order valence-corrected chi connectivity index (χ4v) is 4.12. The molecule has 7 nitrogen and oxygen atoms in total. The third kappa shape index (κ3) is 3.42.